The first-order chi connectivity index (χ1) is 11.1. The van der Waals surface area contributed by atoms with E-state index < -0.39 is 37.6 Å². The maximum absolute atomic E-state index is 12.8. The summed E-state index contributed by atoms with van der Waals surface area (Å²) in [5.74, 6) is -0.391. The summed E-state index contributed by atoms with van der Waals surface area (Å²) in [4.78, 5) is 10.8. The van der Waals surface area contributed by atoms with Gasteiger partial charge in [-0.25, -0.2) is 13.1 Å². The van der Waals surface area contributed by atoms with Crippen molar-refractivity contribution in [1.82, 2.24) is 10.0 Å². The summed E-state index contributed by atoms with van der Waals surface area (Å²) in [6.45, 7) is 0.528. The molecule has 0 unspecified atom stereocenters. The van der Waals surface area contributed by atoms with E-state index in [4.69, 9.17) is 17.3 Å². The van der Waals surface area contributed by atoms with Crippen molar-refractivity contribution >= 4 is 27.5 Å². The summed E-state index contributed by atoms with van der Waals surface area (Å²) in [6.07, 6.45) is -4.34. The number of carbonyl (C=O) groups excluding carboxylic acids is 1. The SMILES string of the molecule is NCCCNC(=O)CCNS(=O)(=O)c1ccc(Cl)c(C(F)(F)F)c1. The van der Waals surface area contributed by atoms with Crippen LogP contribution in [0, 0.1) is 0 Å². The second kappa shape index (κ2) is 8.65. The van der Waals surface area contributed by atoms with Gasteiger partial charge in [0.1, 0.15) is 0 Å². The zero-order valence-electron chi connectivity index (χ0n) is 12.5. The number of sulfonamides is 1. The van der Waals surface area contributed by atoms with Crippen molar-refractivity contribution in [3.8, 4) is 0 Å². The van der Waals surface area contributed by atoms with E-state index in [0.717, 1.165) is 12.1 Å². The Hall–Kier alpha value is -1.36. The number of halogens is 4. The highest BCUT2D eigenvalue weighted by Gasteiger charge is 2.34. The molecule has 1 aromatic carbocycles. The lowest BCUT2D eigenvalue weighted by molar-refractivity contribution is -0.137. The van der Waals surface area contributed by atoms with Crippen molar-refractivity contribution in [3.63, 3.8) is 0 Å². The number of nitrogens with two attached hydrogens (primary N) is 1. The molecule has 0 aliphatic carbocycles. The molecule has 0 spiro atoms. The standard InChI is InChI=1S/C13H17ClF3N3O3S/c14-11-3-2-9(8-10(11)13(15,16)17)24(22,23)20-7-4-12(21)19-6-1-5-18/h2-3,8,20H,1,4-7,18H2,(H,19,21). The van der Waals surface area contributed by atoms with Crippen LogP contribution in [0.5, 0.6) is 0 Å². The van der Waals surface area contributed by atoms with Crippen LogP contribution in [0.25, 0.3) is 0 Å². The predicted octanol–water partition coefficient (Wildman–Crippen LogP) is 1.49. The molecule has 0 aromatic heterocycles. The molecule has 0 heterocycles. The van der Waals surface area contributed by atoms with Crippen molar-refractivity contribution in [2.45, 2.75) is 23.9 Å². The molecule has 0 radical (unpaired) electrons. The molecular formula is C13H17ClF3N3O3S. The van der Waals surface area contributed by atoms with Gasteiger partial charge < -0.3 is 11.1 Å². The number of amides is 1. The van der Waals surface area contributed by atoms with E-state index in [9.17, 15) is 26.4 Å². The average molecular weight is 388 g/mol. The minimum atomic E-state index is -4.77. The molecular weight excluding hydrogens is 371 g/mol. The lowest BCUT2D eigenvalue weighted by atomic mass is 10.2. The van der Waals surface area contributed by atoms with Gasteiger partial charge in [-0.2, -0.15) is 13.2 Å². The molecule has 0 fully saturated rings. The molecule has 4 N–H and O–H groups in total. The van der Waals surface area contributed by atoms with E-state index in [-0.39, 0.29) is 13.0 Å². The van der Waals surface area contributed by atoms with Crippen molar-refractivity contribution in [1.29, 1.82) is 0 Å². The molecule has 1 aromatic rings. The van der Waals surface area contributed by atoms with Crippen molar-refractivity contribution < 1.29 is 26.4 Å². The third kappa shape index (κ3) is 6.27. The Morgan fingerprint density at radius 3 is 2.50 bits per heavy atom. The number of carbonyl (C=O) groups is 1. The van der Waals surface area contributed by atoms with Gasteiger partial charge in [0.15, 0.2) is 0 Å². The van der Waals surface area contributed by atoms with Gasteiger partial charge in [-0.3, -0.25) is 4.79 Å². The Bertz CT molecular complexity index is 681. The van der Waals surface area contributed by atoms with Gasteiger partial charge in [0.05, 0.1) is 15.5 Å². The van der Waals surface area contributed by atoms with Gasteiger partial charge in [-0.05, 0) is 31.2 Å². The minimum Gasteiger partial charge on any atom is -0.356 e. The molecule has 1 amide bonds. The molecule has 24 heavy (non-hydrogen) atoms. The molecule has 0 saturated heterocycles. The van der Waals surface area contributed by atoms with E-state index in [2.05, 4.69) is 10.0 Å². The Balaban J connectivity index is 2.71. The van der Waals surface area contributed by atoms with E-state index in [1.165, 1.54) is 0 Å². The number of benzene rings is 1. The van der Waals surface area contributed by atoms with Crippen LogP contribution in [-0.2, 0) is 21.0 Å². The lowest BCUT2D eigenvalue weighted by Gasteiger charge is -2.12. The minimum absolute atomic E-state index is 0.149. The molecule has 0 atom stereocenters. The maximum Gasteiger partial charge on any atom is 0.417 e. The van der Waals surface area contributed by atoms with E-state index in [1.807, 2.05) is 0 Å². The van der Waals surface area contributed by atoms with Gasteiger partial charge in [0.2, 0.25) is 15.9 Å². The van der Waals surface area contributed by atoms with Gasteiger partial charge >= 0.3 is 6.18 Å². The van der Waals surface area contributed by atoms with Crippen LogP contribution in [0.3, 0.4) is 0 Å². The largest absolute Gasteiger partial charge is 0.417 e. The maximum atomic E-state index is 12.8. The average Bonchev–Trinajstić information content (AvgIpc) is 2.46. The predicted molar refractivity (Wildman–Crippen MR) is 82.9 cm³/mol. The highest BCUT2D eigenvalue weighted by molar-refractivity contribution is 7.89. The Morgan fingerprint density at radius 1 is 1.25 bits per heavy atom. The number of rotatable bonds is 8. The van der Waals surface area contributed by atoms with Crippen LogP contribution in [0.15, 0.2) is 23.1 Å². The first-order valence-corrected chi connectivity index (χ1v) is 8.77. The summed E-state index contributed by atoms with van der Waals surface area (Å²) in [7, 11) is -4.19. The van der Waals surface area contributed by atoms with E-state index >= 15 is 0 Å². The van der Waals surface area contributed by atoms with E-state index in [0.29, 0.717) is 25.6 Å². The fourth-order valence-corrected chi connectivity index (χ4v) is 2.97. The molecule has 0 aliphatic heterocycles. The van der Waals surface area contributed by atoms with Crippen LogP contribution >= 0.6 is 11.6 Å². The van der Waals surface area contributed by atoms with Crippen LogP contribution in [0.4, 0.5) is 13.2 Å². The number of hydrogen-bond acceptors (Lipinski definition) is 4. The van der Waals surface area contributed by atoms with Gasteiger partial charge in [0.25, 0.3) is 0 Å². The second-order valence-electron chi connectivity index (χ2n) is 4.78. The zero-order valence-corrected chi connectivity index (χ0v) is 14.1. The van der Waals surface area contributed by atoms with Gasteiger partial charge in [-0.1, -0.05) is 11.6 Å². The molecule has 6 nitrogen and oxygen atoms in total. The quantitative estimate of drug-likeness (QED) is 0.588. The summed E-state index contributed by atoms with van der Waals surface area (Å²) < 4.78 is 64.3. The smallest absolute Gasteiger partial charge is 0.356 e. The highest BCUT2D eigenvalue weighted by atomic mass is 35.5. The zero-order chi connectivity index (χ0) is 18.4. The molecule has 0 bridgehead atoms. The van der Waals surface area contributed by atoms with Crippen LogP contribution in [0.1, 0.15) is 18.4 Å². The summed E-state index contributed by atoms with van der Waals surface area (Å²) in [6, 6.07) is 2.27. The first-order valence-electron chi connectivity index (χ1n) is 6.91. The first kappa shape index (κ1) is 20.7. The summed E-state index contributed by atoms with van der Waals surface area (Å²) in [5.41, 5.74) is 4.01. The van der Waals surface area contributed by atoms with E-state index in [1.54, 1.807) is 0 Å². The topological polar surface area (TPSA) is 101 Å². The highest BCUT2D eigenvalue weighted by Crippen LogP contribution is 2.35. The monoisotopic (exact) mass is 387 g/mol. The molecule has 136 valence electrons. The number of alkyl halides is 3. The molecule has 1 rings (SSSR count). The van der Waals surface area contributed by atoms with Crippen LogP contribution in [-0.4, -0.2) is 34.0 Å². The van der Waals surface area contributed by atoms with Crippen molar-refractivity contribution in [2.75, 3.05) is 19.6 Å². The van der Waals surface area contributed by atoms with Crippen LogP contribution in [0.2, 0.25) is 5.02 Å². The number of nitrogens with one attached hydrogen (secondary N) is 2. The van der Waals surface area contributed by atoms with Crippen molar-refractivity contribution in [3.05, 3.63) is 28.8 Å². The second-order valence-corrected chi connectivity index (χ2v) is 6.95. The molecule has 0 saturated carbocycles. The fourth-order valence-electron chi connectivity index (χ4n) is 1.69. The Morgan fingerprint density at radius 2 is 1.92 bits per heavy atom. The lowest BCUT2D eigenvalue weighted by Crippen LogP contribution is -2.31. The van der Waals surface area contributed by atoms with Crippen molar-refractivity contribution in [2.24, 2.45) is 5.73 Å². The summed E-state index contributed by atoms with van der Waals surface area (Å²) in [5, 5.41) is 1.93. The number of hydrogen-bond donors (Lipinski definition) is 3. The molecule has 0 aliphatic rings. The van der Waals surface area contributed by atoms with Crippen LogP contribution < -0.4 is 15.8 Å². The fraction of sp³-hybridized carbons (Fsp3) is 0.462. The normalized spacial score (nSPS) is 12.2. The third-order valence-corrected chi connectivity index (χ3v) is 4.69. The van der Waals surface area contributed by atoms with Gasteiger partial charge in [0, 0.05) is 19.5 Å². The summed E-state index contributed by atoms with van der Waals surface area (Å²) >= 11 is 5.44. The van der Waals surface area contributed by atoms with Gasteiger partial charge in [-0.15, -0.1) is 0 Å². The molecule has 11 heteroatoms. The Kier molecular flexibility index (Phi) is 7.46. The third-order valence-electron chi connectivity index (χ3n) is 2.90. The Labute approximate surface area is 142 Å².